The summed E-state index contributed by atoms with van der Waals surface area (Å²) < 4.78 is 64.5. The molecule has 1 aromatic heterocycles. The normalized spacial score (nSPS) is 16.3. The van der Waals surface area contributed by atoms with E-state index >= 15 is 0 Å². The van der Waals surface area contributed by atoms with Crippen LogP contribution in [0.25, 0.3) is 0 Å². The topological polar surface area (TPSA) is 65.5 Å². The number of benzene rings is 1. The summed E-state index contributed by atoms with van der Waals surface area (Å²) in [4.78, 5) is 17.9. The van der Waals surface area contributed by atoms with Gasteiger partial charge in [0.2, 0.25) is 5.91 Å². The van der Waals surface area contributed by atoms with Gasteiger partial charge in [0, 0.05) is 31.7 Å². The molecule has 1 saturated heterocycles. The number of rotatable bonds is 5. The molecule has 0 saturated carbocycles. The molecule has 0 aliphatic carbocycles. The fourth-order valence-electron chi connectivity index (χ4n) is 3.35. The van der Waals surface area contributed by atoms with Crippen molar-refractivity contribution in [2.45, 2.75) is 25.1 Å². The van der Waals surface area contributed by atoms with Crippen LogP contribution >= 0.6 is 11.6 Å². The van der Waals surface area contributed by atoms with Gasteiger partial charge in [-0.2, -0.15) is 13.2 Å². The number of aliphatic hydroxyl groups is 1. The zero-order valence-corrected chi connectivity index (χ0v) is 16.9. The molecule has 1 unspecified atom stereocenters. The molecular formula is C20H19ClF5N3O2. The number of carbonyl (C=O) groups is 1. The van der Waals surface area contributed by atoms with Crippen LogP contribution in [0, 0.1) is 17.6 Å². The Morgan fingerprint density at radius 3 is 2.48 bits per heavy atom. The fourth-order valence-corrected chi connectivity index (χ4v) is 3.64. The highest BCUT2D eigenvalue weighted by atomic mass is 35.5. The lowest BCUT2D eigenvalue weighted by Gasteiger charge is -2.32. The van der Waals surface area contributed by atoms with Gasteiger partial charge in [0.05, 0.1) is 16.7 Å². The summed E-state index contributed by atoms with van der Waals surface area (Å²) in [6.45, 7) is 0.556. The van der Waals surface area contributed by atoms with E-state index in [4.69, 9.17) is 11.6 Å². The van der Waals surface area contributed by atoms with Gasteiger partial charge in [-0.3, -0.25) is 4.79 Å². The first-order valence-electron chi connectivity index (χ1n) is 9.44. The van der Waals surface area contributed by atoms with Gasteiger partial charge in [-0.15, -0.1) is 0 Å². The van der Waals surface area contributed by atoms with Crippen LogP contribution in [-0.4, -0.2) is 35.6 Å². The standard InChI is InChI=1S/C20H19ClF5N3O2/c21-14-8-13(20(24,25)26)9-27-18(14)29-5-3-11(4-6-29)19(31)28-10-17(30)12-1-2-15(22)16(23)7-12/h1-2,7-9,11,17,30H,3-6,10H2,(H,28,31). The minimum absolute atomic E-state index is 0.118. The number of piperidine rings is 1. The first kappa shape index (κ1) is 23.2. The van der Waals surface area contributed by atoms with Crippen LogP contribution < -0.4 is 10.2 Å². The smallest absolute Gasteiger partial charge is 0.387 e. The van der Waals surface area contributed by atoms with Crippen LogP contribution in [0.5, 0.6) is 0 Å². The number of alkyl halides is 3. The van der Waals surface area contributed by atoms with Crippen LogP contribution in [0.15, 0.2) is 30.5 Å². The monoisotopic (exact) mass is 463 g/mol. The van der Waals surface area contributed by atoms with E-state index in [0.717, 1.165) is 24.4 Å². The minimum Gasteiger partial charge on any atom is -0.387 e. The molecule has 3 rings (SSSR count). The van der Waals surface area contributed by atoms with Gasteiger partial charge >= 0.3 is 6.18 Å². The van der Waals surface area contributed by atoms with Gasteiger partial charge < -0.3 is 15.3 Å². The second kappa shape index (κ2) is 9.35. The molecule has 2 aromatic rings. The van der Waals surface area contributed by atoms with Crippen LogP contribution in [0.3, 0.4) is 0 Å². The molecule has 1 aromatic carbocycles. The quantitative estimate of drug-likeness (QED) is 0.655. The lowest BCUT2D eigenvalue weighted by atomic mass is 9.95. The zero-order valence-electron chi connectivity index (χ0n) is 16.1. The van der Waals surface area contributed by atoms with Crippen molar-refractivity contribution in [2.75, 3.05) is 24.5 Å². The van der Waals surface area contributed by atoms with Crippen molar-refractivity contribution in [3.63, 3.8) is 0 Å². The summed E-state index contributed by atoms with van der Waals surface area (Å²) in [7, 11) is 0. The molecule has 1 amide bonds. The summed E-state index contributed by atoms with van der Waals surface area (Å²) in [6.07, 6.45) is -4.20. The lowest BCUT2D eigenvalue weighted by molar-refractivity contribution is -0.137. The zero-order chi connectivity index (χ0) is 22.8. The molecule has 5 nitrogen and oxygen atoms in total. The fraction of sp³-hybridized carbons (Fsp3) is 0.400. The highest BCUT2D eigenvalue weighted by Crippen LogP contribution is 2.34. The number of carbonyl (C=O) groups excluding carboxylic acids is 1. The predicted octanol–water partition coefficient (Wildman–Crippen LogP) is 4.10. The van der Waals surface area contributed by atoms with Crippen molar-refractivity contribution >= 4 is 23.3 Å². The SMILES string of the molecule is O=C(NCC(O)c1ccc(F)c(F)c1)C1CCN(c2ncc(C(F)(F)F)cc2Cl)CC1. The van der Waals surface area contributed by atoms with Gasteiger partial charge in [0.15, 0.2) is 11.6 Å². The Kier molecular flexibility index (Phi) is 7.00. The number of aliphatic hydroxyl groups excluding tert-OH is 1. The number of amides is 1. The average Bonchev–Trinajstić information content (AvgIpc) is 2.73. The van der Waals surface area contributed by atoms with E-state index in [9.17, 15) is 31.9 Å². The molecule has 31 heavy (non-hydrogen) atoms. The van der Waals surface area contributed by atoms with E-state index in [-0.39, 0.29) is 34.8 Å². The van der Waals surface area contributed by atoms with Crippen molar-refractivity contribution in [1.29, 1.82) is 0 Å². The maximum Gasteiger partial charge on any atom is 0.417 e. The summed E-state index contributed by atoms with van der Waals surface area (Å²) in [5.74, 6) is -2.59. The van der Waals surface area contributed by atoms with E-state index < -0.39 is 29.5 Å². The number of aromatic nitrogens is 1. The Morgan fingerprint density at radius 2 is 1.90 bits per heavy atom. The molecular weight excluding hydrogens is 445 g/mol. The van der Waals surface area contributed by atoms with Crippen LogP contribution in [0.4, 0.5) is 27.8 Å². The van der Waals surface area contributed by atoms with Crippen molar-refractivity contribution in [3.05, 3.63) is 58.2 Å². The molecule has 1 atom stereocenters. The van der Waals surface area contributed by atoms with E-state index in [2.05, 4.69) is 10.3 Å². The van der Waals surface area contributed by atoms with Crippen molar-refractivity contribution in [3.8, 4) is 0 Å². The van der Waals surface area contributed by atoms with Crippen molar-refractivity contribution < 1.29 is 31.9 Å². The molecule has 2 N–H and O–H groups in total. The number of pyridine rings is 1. The molecule has 11 heteroatoms. The summed E-state index contributed by atoms with van der Waals surface area (Å²) >= 11 is 5.97. The number of halogens is 6. The average molecular weight is 464 g/mol. The molecule has 1 aliphatic heterocycles. The van der Waals surface area contributed by atoms with Gasteiger partial charge in [-0.25, -0.2) is 13.8 Å². The second-order valence-corrected chi connectivity index (χ2v) is 7.63. The highest BCUT2D eigenvalue weighted by Gasteiger charge is 2.33. The lowest BCUT2D eigenvalue weighted by Crippen LogP contribution is -2.42. The highest BCUT2D eigenvalue weighted by molar-refractivity contribution is 6.33. The second-order valence-electron chi connectivity index (χ2n) is 7.22. The Balaban J connectivity index is 1.52. The summed E-state index contributed by atoms with van der Waals surface area (Å²) in [5, 5.41) is 12.5. The Labute approximate surface area is 179 Å². The number of nitrogens with zero attached hydrogens (tertiary/aromatic N) is 2. The maximum atomic E-state index is 13.3. The molecule has 1 fully saturated rings. The number of anilines is 1. The number of nitrogens with one attached hydrogen (secondary N) is 1. The number of hydrogen-bond acceptors (Lipinski definition) is 4. The largest absolute Gasteiger partial charge is 0.417 e. The van der Waals surface area contributed by atoms with Crippen LogP contribution in [0.2, 0.25) is 5.02 Å². The van der Waals surface area contributed by atoms with Gasteiger partial charge in [-0.05, 0) is 36.6 Å². The van der Waals surface area contributed by atoms with Crippen LogP contribution in [0.1, 0.15) is 30.1 Å². The van der Waals surface area contributed by atoms with E-state index in [1.165, 1.54) is 6.07 Å². The molecule has 0 radical (unpaired) electrons. The van der Waals surface area contributed by atoms with Gasteiger partial charge in [-0.1, -0.05) is 17.7 Å². The Hall–Kier alpha value is -2.46. The Bertz CT molecular complexity index is 949. The summed E-state index contributed by atoms with van der Waals surface area (Å²) in [6, 6.07) is 3.81. The third kappa shape index (κ3) is 5.62. The van der Waals surface area contributed by atoms with E-state index in [1.54, 1.807) is 4.90 Å². The third-order valence-corrected chi connectivity index (χ3v) is 5.39. The molecule has 0 spiro atoms. The van der Waals surface area contributed by atoms with E-state index in [0.29, 0.717) is 25.9 Å². The maximum absolute atomic E-state index is 13.3. The molecule has 0 bridgehead atoms. The molecule has 1 aliphatic rings. The number of hydrogen-bond donors (Lipinski definition) is 2. The van der Waals surface area contributed by atoms with Gasteiger partial charge in [0.25, 0.3) is 0 Å². The molecule has 168 valence electrons. The first-order chi connectivity index (χ1) is 14.6. The Morgan fingerprint density at radius 1 is 1.23 bits per heavy atom. The third-order valence-electron chi connectivity index (χ3n) is 5.11. The predicted molar refractivity (Wildman–Crippen MR) is 104 cm³/mol. The summed E-state index contributed by atoms with van der Waals surface area (Å²) in [5.41, 5.74) is -0.799. The van der Waals surface area contributed by atoms with Crippen LogP contribution in [-0.2, 0) is 11.0 Å². The minimum atomic E-state index is -4.54. The van der Waals surface area contributed by atoms with Crippen molar-refractivity contribution in [1.82, 2.24) is 10.3 Å². The van der Waals surface area contributed by atoms with Crippen molar-refractivity contribution in [2.24, 2.45) is 5.92 Å². The first-order valence-corrected chi connectivity index (χ1v) is 9.82. The van der Waals surface area contributed by atoms with Gasteiger partial charge in [0.1, 0.15) is 5.82 Å². The van der Waals surface area contributed by atoms with E-state index in [1.807, 2.05) is 0 Å². The molecule has 2 heterocycles.